The number of amides is 1. The maximum absolute atomic E-state index is 13.6. The molecule has 0 aromatic heterocycles. The number of hydrogen-bond acceptors (Lipinski definition) is 4. The highest BCUT2D eigenvalue weighted by Crippen LogP contribution is 2.20. The van der Waals surface area contributed by atoms with E-state index < -0.39 is 0 Å². The summed E-state index contributed by atoms with van der Waals surface area (Å²) in [4.78, 5) is 16.5. The number of rotatable bonds is 6. The molecule has 5 nitrogen and oxygen atoms in total. The van der Waals surface area contributed by atoms with Crippen LogP contribution in [0.2, 0.25) is 0 Å². The SMILES string of the molecule is COc1ccc(N2CCN(CC(=O)NCc3ccccc3F)CC2)cc1. The number of ether oxygens (including phenoxy) is 1. The van der Waals surface area contributed by atoms with Crippen molar-refractivity contribution in [3.8, 4) is 5.75 Å². The fraction of sp³-hybridized carbons (Fsp3) is 0.350. The number of nitrogens with zero attached hydrogens (tertiary/aromatic N) is 2. The Hall–Kier alpha value is -2.60. The monoisotopic (exact) mass is 357 g/mol. The molecule has 3 rings (SSSR count). The largest absolute Gasteiger partial charge is 0.497 e. The second-order valence-corrected chi connectivity index (χ2v) is 6.33. The number of carbonyl (C=O) groups excluding carboxylic acids is 1. The van der Waals surface area contributed by atoms with Crippen molar-refractivity contribution in [2.45, 2.75) is 6.54 Å². The number of halogens is 1. The zero-order valence-corrected chi connectivity index (χ0v) is 15.0. The quantitative estimate of drug-likeness (QED) is 0.862. The first kappa shape index (κ1) is 18.2. The van der Waals surface area contributed by atoms with Crippen LogP contribution in [0, 0.1) is 5.82 Å². The Morgan fingerprint density at radius 2 is 1.77 bits per heavy atom. The van der Waals surface area contributed by atoms with E-state index in [1.807, 2.05) is 12.1 Å². The van der Waals surface area contributed by atoms with Crippen LogP contribution in [0.3, 0.4) is 0 Å². The number of methoxy groups -OCH3 is 1. The van der Waals surface area contributed by atoms with Crippen LogP contribution in [0.4, 0.5) is 10.1 Å². The van der Waals surface area contributed by atoms with Gasteiger partial charge in [-0.2, -0.15) is 0 Å². The second kappa shape index (κ2) is 8.67. The van der Waals surface area contributed by atoms with Crippen LogP contribution in [0.15, 0.2) is 48.5 Å². The molecule has 1 amide bonds. The third kappa shape index (κ3) is 4.73. The zero-order chi connectivity index (χ0) is 18.4. The van der Waals surface area contributed by atoms with E-state index in [1.165, 1.54) is 6.07 Å². The third-order valence-electron chi connectivity index (χ3n) is 4.61. The van der Waals surface area contributed by atoms with Crippen molar-refractivity contribution in [1.29, 1.82) is 0 Å². The van der Waals surface area contributed by atoms with Crippen LogP contribution in [0.1, 0.15) is 5.56 Å². The first-order valence-corrected chi connectivity index (χ1v) is 8.77. The van der Waals surface area contributed by atoms with Gasteiger partial charge >= 0.3 is 0 Å². The Balaban J connectivity index is 1.43. The molecule has 0 aliphatic carbocycles. The van der Waals surface area contributed by atoms with E-state index in [2.05, 4.69) is 27.2 Å². The zero-order valence-electron chi connectivity index (χ0n) is 15.0. The third-order valence-corrected chi connectivity index (χ3v) is 4.61. The van der Waals surface area contributed by atoms with Gasteiger partial charge in [0.05, 0.1) is 13.7 Å². The first-order valence-electron chi connectivity index (χ1n) is 8.77. The summed E-state index contributed by atoms with van der Waals surface area (Å²) in [6.45, 7) is 3.93. The van der Waals surface area contributed by atoms with Gasteiger partial charge in [0.2, 0.25) is 5.91 Å². The molecule has 6 heteroatoms. The van der Waals surface area contributed by atoms with Crippen LogP contribution in [0.25, 0.3) is 0 Å². The summed E-state index contributed by atoms with van der Waals surface area (Å²) >= 11 is 0. The molecule has 2 aromatic carbocycles. The number of anilines is 1. The Bertz CT molecular complexity index is 728. The van der Waals surface area contributed by atoms with Gasteiger partial charge in [0.1, 0.15) is 11.6 Å². The summed E-state index contributed by atoms with van der Waals surface area (Å²) in [5.74, 6) is 0.478. The van der Waals surface area contributed by atoms with Crippen molar-refractivity contribution in [3.05, 3.63) is 59.9 Å². The van der Waals surface area contributed by atoms with Crippen molar-refractivity contribution in [3.63, 3.8) is 0 Å². The highest BCUT2D eigenvalue weighted by Gasteiger charge is 2.19. The minimum Gasteiger partial charge on any atom is -0.497 e. The van der Waals surface area contributed by atoms with Crippen molar-refractivity contribution < 1.29 is 13.9 Å². The lowest BCUT2D eigenvalue weighted by Gasteiger charge is -2.35. The van der Waals surface area contributed by atoms with Crippen molar-refractivity contribution in [2.24, 2.45) is 0 Å². The lowest BCUT2D eigenvalue weighted by molar-refractivity contribution is -0.122. The molecule has 0 radical (unpaired) electrons. The molecule has 26 heavy (non-hydrogen) atoms. The smallest absolute Gasteiger partial charge is 0.234 e. The normalized spacial score (nSPS) is 14.9. The molecule has 0 bridgehead atoms. The number of carbonyl (C=O) groups is 1. The van der Waals surface area contributed by atoms with Gasteiger partial charge in [0, 0.05) is 44.0 Å². The van der Waals surface area contributed by atoms with E-state index in [-0.39, 0.29) is 18.3 Å². The number of benzene rings is 2. The summed E-state index contributed by atoms with van der Waals surface area (Å²) in [6, 6.07) is 14.5. The van der Waals surface area contributed by atoms with Gasteiger partial charge in [-0.25, -0.2) is 4.39 Å². The predicted octanol–water partition coefficient (Wildman–Crippen LogP) is 2.27. The molecule has 0 spiro atoms. The minimum atomic E-state index is -0.291. The fourth-order valence-electron chi connectivity index (χ4n) is 3.05. The Morgan fingerprint density at radius 3 is 2.42 bits per heavy atom. The Kier molecular flexibility index (Phi) is 6.07. The maximum Gasteiger partial charge on any atom is 0.234 e. The van der Waals surface area contributed by atoms with Crippen LogP contribution in [-0.4, -0.2) is 50.6 Å². The van der Waals surface area contributed by atoms with E-state index in [4.69, 9.17) is 4.74 Å². The molecule has 1 aliphatic heterocycles. The van der Waals surface area contributed by atoms with Gasteiger partial charge in [0.15, 0.2) is 0 Å². The van der Waals surface area contributed by atoms with E-state index in [0.717, 1.165) is 37.6 Å². The summed E-state index contributed by atoms with van der Waals surface area (Å²) in [6.07, 6.45) is 0. The molecule has 1 heterocycles. The summed E-state index contributed by atoms with van der Waals surface area (Å²) < 4.78 is 18.8. The molecular formula is C20H24FN3O2. The molecule has 2 aromatic rings. The summed E-state index contributed by atoms with van der Waals surface area (Å²) in [7, 11) is 1.66. The molecular weight excluding hydrogens is 333 g/mol. The molecule has 1 N–H and O–H groups in total. The molecule has 0 saturated carbocycles. The number of nitrogens with one attached hydrogen (secondary N) is 1. The molecule has 0 atom stereocenters. The van der Waals surface area contributed by atoms with Crippen LogP contribution < -0.4 is 15.0 Å². The molecule has 1 fully saturated rings. The molecule has 138 valence electrons. The van der Waals surface area contributed by atoms with Crippen molar-refractivity contribution >= 4 is 11.6 Å². The Morgan fingerprint density at radius 1 is 1.08 bits per heavy atom. The second-order valence-electron chi connectivity index (χ2n) is 6.33. The summed E-state index contributed by atoms with van der Waals surface area (Å²) in [5, 5.41) is 2.79. The van der Waals surface area contributed by atoms with E-state index in [1.54, 1.807) is 25.3 Å². The number of hydrogen-bond donors (Lipinski definition) is 1. The highest BCUT2D eigenvalue weighted by atomic mass is 19.1. The van der Waals surface area contributed by atoms with E-state index in [9.17, 15) is 9.18 Å². The van der Waals surface area contributed by atoms with Gasteiger partial charge in [-0.3, -0.25) is 9.69 Å². The predicted molar refractivity (Wildman–Crippen MR) is 99.9 cm³/mol. The van der Waals surface area contributed by atoms with Gasteiger partial charge < -0.3 is 15.0 Å². The first-order chi connectivity index (χ1) is 12.7. The lowest BCUT2D eigenvalue weighted by Crippen LogP contribution is -2.49. The lowest BCUT2D eigenvalue weighted by atomic mass is 10.2. The fourth-order valence-corrected chi connectivity index (χ4v) is 3.05. The van der Waals surface area contributed by atoms with E-state index >= 15 is 0 Å². The van der Waals surface area contributed by atoms with Crippen molar-refractivity contribution in [2.75, 3.05) is 44.7 Å². The van der Waals surface area contributed by atoms with E-state index in [0.29, 0.717) is 12.1 Å². The van der Waals surface area contributed by atoms with Gasteiger partial charge in [-0.05, 0) is 30.3 Å². The van der Waals surface area contributed by atoms with Crippen LogP contribution in [0.5, 0.6) is 5.75 Å². The highest BCUT2D eigenvalue weighted by molar-refractivity contribution is 5.78. The van der Waals surface area contributed by atoms with Crippen molar-refractivity contribution in [1.82, 2.24) is 10.2 Å². The Labute approximate surface area is 153 Å². The van der Waals surface area contributed by atoms with Gasteiger partial charge in [-0.1, -0.05) is 18.2 Å². The van der Waals surface area contributed by atoms with Gasteiger partial charge in [0.25, 0.3) is 0 Å². The molecule has 1 saturated heterocycles. The van der Waals surface area contributed by atoms with Gasteiger partial charge in [-0.15, -0.1) is 0 Å². The average molecular weight is 357 g/mol. The molecule has 0 unspecified atom stereocenters. The topological polar surface area (TPSA) is 44.8 Å². The minimum absolute atomic E-state index is 0.0776. The van der Waals surface area contributed by atoms with Crippen LogP contribution in [-0.2, 0) is 11.3 Å². The maximum atomic E-state index is 13.6. The standard InChI is InChI=1S/C20H24FN3O2/c1-26-18-8-6-17(7-9-18)24-12-10-23(11-13-24)15-20(25)22-14-16-4-2-3-5-19(16)21/h2-9H,10-15H2,1H3,(H,22,25). The number of piperazine rings is 1. The average Bonchev–Trinajstić information content (AvgIpc) is 2.68. The van der Waals surface area contributed by atoms with Crippen LogP contribution >= 0.6 is 0 Å². The summed E-state index contributed by atoms with van der Waals surface area (Å²) in [5.41, 5.74) is 1.67. The molecule has 1 aliphatic rings.